The number of rotatable bonds is 3. The van der Waals surface area contributed by atoms with Crippen LogP contribution in [0.4, 0.5) is 0 Å². The van der Waals surface area contributed by atoms with Crippen LogP contribution in [-0.2, 0) is 5.41 Å². The quantitative estimate of drug-likeness (QED) is 0.605. The number of hydrogen-bond acceptors (Lipinski definition) is 1. The third kappa shape index (κ3) is 1.89. The van der Waals surface area contributed by atoms with Crippen molar-refractivity contribution in [3.63, 3.8) is 0 Å². The highest BCUT2D eigenvalue weighted by Crippen LogP contribution is 2.66. The summed E-state index contributed by atoms with van der Waals surface area (Å²) in [6, 6.07) is 18.7. The molecule has 0 saturated heterocycles. The summed E-state index contributed by atoms with van der Waals surface area (Å²) >= 11 is 12.6. The smallest absolute Gasteiger partial charge is 0.176 e. The van der Waals surface area contributed by atoms with Gasteiger partial charge in [-0.05, 0) is 5.56 Å². The first-order valence-corrected chi connectivity index (χ1v) is 6.87. The van der Waals surface area contributed by atoms with Crippen molar-refractivity contribution in [3.05, 3.63) is 71.8 Å². The third-order valence-electron chi connectivity index (χ3n) is 3.68. The summed E-state index contributed by atoms with van der Waals surface area (Å²) in [5, 5.41) is 0. The fourth-order valence-corrected chi connectivity index (χ4v) is 3.33. The van der Waals surface area contributed by atoms with Crippen molar-refractivity contribution in [2.24, 2.45) is 0 Å². The first-order valence-electron chi connectivity index (χ1n) is 6.11. The van der Waals surface area contributed by atoms with Gasteiger partial charge in [-0.25, -0.2) is 0 Å². The first kappa shape index (κ1) is 12.7. The molecule has 19 heavy (non-hydrogen) atoms. The van der Waals surface area contributed by atoms with E-state index in [0.29, 0.717) is 12.0 Å². The monoisotopic (exact) mass is 290 g/mol. The van der Waals surface area contributed by atoms with Gasteiger partial charge in [-0.1, -0.05) is 60.7 Å². The van der Waals surface area contributed by atoms with E-state index in [0.717, 1.165) is 5.56 Å². The van der Waals surface area contributed by atoms with E-state index in [1.54, 1.807) is 12.1 Å². The molecule has 1 atom stereocenters. The molecular formula is C16H12Cl2O. The molecule has 3 heteroatoms. The predicted molar refractivity (Wildman–Crippen MR) is 77.9 cm³/mol. The van der Waals surface area contributed by atoms with Gasteiger partial charge in [0.2, 0.25) is 0 Å². The largest absolute Gasteiger partial charge is 0.293 e. The summed E-state index contributed by atoms with van der Waals surface area (Å²) in [6.45, 7) is 0. The maximum Gasteiger partial charge on any atom is 0.176 e. The second-order valence-electron chi connectivity index (χ2n) is 4.85. The fraction of sp³-hybridized carbons (Fsp3) is 0.188. The van der Waals surface area contributed by atoms with Crippen LogP contribution in [0.3, 0.4) is 0 Å². The van der Waals surface area contributed by atoms with Crippen molar-refractivity contribution < 1.29 is 4.79 Å². The molecule has 0 spiro atoms. The molecular weight excluding hydrogens is 279 g/mol. The number of hydrogen-bond donors (Lipinski definition) is 0. The molecule has 0 heterocycles. The Kier molecular flexibility index (Phi) is 2.92. The second-order valence-corrected chi connectivity index (χ2v) is 6.33. The summed E-state index contributed by atoms with van der Waals surface area (Å²) in [6.07, 6.45) is 0.459. The lowest BCUT2D eigenvalue weighted by Gasteiger charge is -2.17. The van der Waals surface area contributed by atoms with Crippen LogP contribution in [0, 0.1) is 0 Å². The van der Waals surface area contributed by atoms with Gasteiger partial charge in [0.1, 0.15) is 4.33 Å². The van der Waals surface area contributed by atoms with Crippen LogP contribution in [0.15, 0.2) is 60.7 Å². The Balaban J connectivity index is 2.08. The Morgan fingerprint density at radius 1 is 0.895 bits per heavy atom. The van der Waals surface area contributed by atoms with Crippen molar-refractivity contribution in [2.45, 2.75) is 16.2 Å². The Hall–Kier alpha value is -1.31. The van der Waals surface area contributed by atoms with Crippen LogP contribution in [0.1, 0.15) is 22.3 Å². The Labute approximate surface area is 122 Å². The lowest BCUT2D eigenvalue weighted by molar-refractivity contribution is 0.0945. The average molecular weight is 291 g/mol. The van der Waals surface area contributed by atoms with Gasteiger partial charge in [0, 0.05) is 12.0 Å². The number of alkyl halides is 2. The summed E-state index contributed by atoms with van der Waals surface area (Å²) in [4.78, 5) is 12.8. The van der Waals surface area contributed by atoms with Gasteiger partial charge in [-0.2, -0.15) is 0 Å². The molecule has 2 aromatic carbocycles. The molecule has 1 aliphatic carbocycles. The second kappa shape index (κ2) is 4.36. The number of Topliss-reactive ketones (excluding diaryl/α,β-unsaturated/α-hetero) is 1. The summed E-state index contributed by atoms with van der Waals surface area (Å²) in [7, 11) is 0. The molecule has 0 radical (unpaired) electrons. The standard InChI is InChI=1S/C16H12Cl2O/c17-16(18)11-15(16,13-9-5-2-6-10-13)14(19)12-7-3-1-4-8-12/h1-10H,11H2. The maximum atomic E-state index is 12.8. The van der Waals surface area contributed by atoms with Crippen molar-refractivity contribution in [2.75, 3.05) is 0 Å². The van der Waals surface area contributed by atoms with Crippen LogP contribution in [0.2, 0.25) is 0 Å². The van der Waals surface area contributed by atoms with Gasteiger partial charge < -0.3 is 0 Å². The Bertz CT molecular complexity index is 607. The van der Waals surface area contributed by atoms with Crippen molar-refractivity contribution in [1.82, 2.24) is 0 Å². The van der Waals surface area contributed by atoms with Crippen molar-refractivity contribution in [1.29, 1.82) is 0 Å². The van der Waals surface area contributed by atoms with Crippen LogP contribution >= 0.6 is 23.2 Å². The van der Waals surface area contributed by atoms with Crippen molar-refractivity contribution >= 4 is 29.0 Å². The van der Waals surface area contributed by atoms with Crippen molar-refractivity contribution in [3.8, 4) is 0 Å². The molecule has 96 valence electrons. The molecule has 1 saturated carbocycles. The highest BCUT2D eigenvalue weighted by molar-refractivity contribution is 6.54. The van der Waals surface area contributed by atoms with Gasteiger partial charge in [-0.15, -0.1) is 23.2 Å². The zero-order chi connectivity index (χ0) is 13.5. The average Bonchev–Trinajstić information content (AvgIpc) is 3.04. The number of benzene rings is 2. The molecule has 0 bridgehead atoms. The summed E-state index contributed by atoms with van der Waals surface area (Å²) < 4.78 is -1.01. The molecule has 0 aliphatic heterocycles. The number of ketones is 1. The van der Waals surface area contributed by atoms with Crippen LogP contribution < -0.4 is 0 Å². The van der Waals surface area contributed by atoms with Crippen LogP contribution in [0.25, 0.3) is 0 Å². The lowest BCUT2D eigenvalue weighted by atomic mass is 9.87. The third-order valence-corrected chi connectivity index (χ3v) is 4.59. The molecule has 0 N–H and O–H groups in total. The molecule has 1 nitrogen and oxygen atoms in total. The van der Waals surface area contributed by atoms with Gasteiger partial charge >= 0.3 is 0 Å². The van der Waals surface area contributed by atoms with E-state index >= 15 is 0 Å². The normalized spacial score (nSPS) is 23.9. The maximum absolute atomic E-state index is 12.8. The summed E-state index contributed by atoms with van der Waals surface area (Å²) in [5.74, 6) is -0.00991. The fourth-order valence-electron chi connectivity index (χ4n) is 2.54. The van der Waals surface area contributed by atoms with Gasteiger partial charge in [0.05, 0.1) is 5.41 Å². The van der Waals surface area contributed by atoms with Crippen LogP contribution in [-0.4, -0.2) is 10.1 Å². The lowest BCUT2D eigenvalue weighted by Crippen LogP contribution is -2.26. The first-order chi connectivity index (χ1) is 9.08. The van der Waals surface area contributed by atoms with E-state index in [1.807, 2.05) is 48.5 Å². The van der Waals surface area contributed by atoms with Crippen LogP contribution in [0.5, 0.6) is 0 Å². The minimum absolute atomic E-state index is 0.00991. The van der Waals surface area contributed by atoms with E-state index in [2.05, 4.69) is 0 Å². The molecule has 1 unspecified atom stereocenters. The number of carbonyl (C=O) groups is 1. The van der Waals surface area contributed by atoms with E-state index in [4.69, 9.17) is 23.2 Å². The zero-order valence-electron chi connectivity index (χ0n) is 10.1. The highest BCUT2D eigenvalue weighted by Gasteiger charge is 2.71. The highest BCUT2D eigenvalue weighted by atomic mass is 35.5. The summed E-state index contributed by atoms with van der Waals surface area (Å²) in [5.41, 5.74) is 0.724. The SMILES string of the molecule is O=C(c1ccccc1)C1(c2ccccc2)CC1(Cl)Cl. The molecule has 0 aromatic heterocycles. The molecule has 1 fully saturated rings. The van der Waals surface area contributed by atoms with Gasteiger partial charge in [0.25, 0.3) is 0 Å². The topological polar surface area (TPSA) is 17.1 Å². The van der Waals surface area contributed by atoms with E-state index < -0.39 is 9.75 Å². The molecule has 1 aliphatic rings. The van der Waals surface area contributed by atoms with Gasteiger partial charge in [-0.3, -0.25) is 4.79 Å². The minimum atomic E-state index is -1.01. The van der Waals surface area contributed by atoms with E-state index in [1.165, 1.54) is 0 Å². The van der Waals surface area contributed by atoms with E-state index in [-0.39, 0.29) is 5.78 Å². The molecule has 0 amide bonds. The number of halogens is 2. The Morgan fingerprint density at radius 3 is 1.84 bits per heavy atom. The molecule has 3 rings (SSSR count). The van der Waals surface area contributed by atoms with Gasteiger partial charge in [0.15, 0.2) is 5.78 Å². The van der Waals surface area contributed by atoms with E-state index in [9.17, 15) is 4.79 Å². The zero-order valence-corrected chi connectivity index (χ0v) is 11.7. The number of carbonyl (C=O) groups excluding carboxylic acids is 1. The molecule has 2 aromatic rings. The minimum Gasteiger partial charge on any atom is -0.293 e. The predicted octanol–water partition coefficient (Wildman–Crippen LogP) is 4.38. The Morgan fingerprint density at radius 2 is 1.37 bits per heavy atom.